The van der Waals surface area contributed by atoms with Crippen LogP contribution in [0, 0.1) is 18.3 Å². The predicted molar refractivity (Wildman–Crippen MR) is 280 cm³/mol. The van der Waals surface area contributed by atoms with Crippen molar-refractivity contribution in [3.63, 3.8) is 0 Å². The number of aromatic nitrogens is 4. The molecule has 4 aliphatic heterocycles. The van der Waals surface area contributed by atoms with Crippen molar-refractivity contribution in [1.29, 1.82) is 0 Å². The van der Waals surface area contributed by atoms with Crippen molar-refractivity contribution < 1.29 is 24.6 Å². The first-order valence-electron chi connectivity index (χ1n) is 25.9. The van der Waals surface area contributed by atoms with E-state index >= 15 is 0 Å². The Morgan fingerprint density at radius 3 is 2.21 bits per heavy atom. The molecule has 380 valence electrons. The first kappa shape index (κ1) is 49.4. The number of amides is 3. The molecule has 2 bridgehead atoms. The number of aliphatic hydroxyl groups is 1. The summed E-state index contributed by atoms with van der Waals surface area (Å²) >= 11 is 1.55. The third-order valence-corrected chi connectivity index (χ3v) is 17.1. The van der Waals surface area contributed by atoms with Gasteiger partial charge in [-0.3, -0.25) is 19.4 Å². The number of carbonyl (C=O) groups excluding carboxylic acids is 3. The smallest absolute Gasteiger partial charge is 0.246 e. The molecule has 3 aromatic heterocycles. The standard InChI is InChI=1S/C55H69N11O5S/c1-33-49(72-32-59-33)37-9-14-38(57-27-37)28-58-53(70)47-25-43(67)31-65(47)54(71)50(55(2,3)4)60-52(69)36-12-15-39(16-13-36)63-23-21-35(22-24-63)34-10-17-40(18-11-34)66-41-19-20-42(66)30-64(29-41)46-26-45(61-62-51(46)56)44-7-5-6-8-48(44)68/h5-11,14,17-18,26-27,32,35-36,39,41-43,47,50,67-68H,12-13,15-16,19-25,28-31H2,1-4H3,(H2,56,62)(H,58,70)(H,60,69)/t36-,39-,41?,42?,43-,47+,50-/m1/s1. The number of piperazine rings is 1. The number of aromatic hydroxyl groups is 1. The number of piperidine rings is 1. The summed E-state index contributed by atoms with van der Waals surface area (Å²) in [5.41, 5.74) is 15.0. The minimum Gasteiger partial charge on any atom is -0.507 e. The van der Waals surface area contributed by atoms with E-state index in [9.17, 15) is 24.6 Å². The summed E-state index contributed by atoms with van der Waals surface area (Å²) in [5, 5.41) is 35.8. The number of thiazole rings is 1. The van der Waals surface area contributed by atoms with Gasteiger partial charge in [-0.1, -0.05) is 51.1 Å². The molecule has 5 atom stereocenters. The van der Waals surface area contributed by atoms with Crippen LogP contribution in [-0.4, -0.2) is 127 Å². The molecule has 72 heavy (non-hydrogen) atoms. The number of likely N-dealkylation sites (tertiary alicyclic amines) is 2. The molecule has 1 saturated carbocycles. The van der Waals surface area contributed by atoms with Crippen molar-refractivity contribution >= 4 is 46.3 Å². The highest BCUT2D eigenvalue weighted by atomic mass is 32.1. The fourth-order valence-electron chi connectivity index (χ4n) is 12.1. The fourth-order valence-corrected chi connectivity index (χ4v) is 12.9. The van der Waals surface area contributed by atoms with Crippen molar-refractivity contribution in [2.45, 2.75) is 134 Å². The first-order chi connectivity index (χ1) is 34.7. The summed E-state index contributed by atoms with van der Waals surface area (Å²) in [4.78, 5) is 60.8. The summed E-state index contributed by atoms with van der Waals surface area (Å²) in [6.07, 6.45) is 8.89. The van der Waals surface area contributed by atoms with Gasteiger partial charge in [-0.05, 0) is 125 Å². The van der Waals surface area contributed by atoms with Crippen LogP contribution in [0.2, 0.25) is 0 Å². The van der Waals surface area contributed by atoms with Crippen molar-refractivity contribution in [3.8, 4) is 27.4 Å². The molecule has 5 aromatic rings. The van der Waals surface area contributed by atoms with Gasteiger partial charge in [0.05, 0.1) is 45.8 Å². The van der Waals surface area contributed by atoms with E-state index in [-0.39, 0.29) is 48.9 Å². The highest BCUT2D eigenvalue weighted by Gasteiger charge is 2.46. The minimum absolute atomic E-state index is 0.0285. The summed E-state index contributed by atoms with van der Waals surface area (Å²) in [6.45, 7) is 11.7. The number of para-hydroxylation sites is 1. The second kappa shape index (κ2) is 20.7. The molecular weight excluding hydrogens is 927 g/mol. The molecule has 5 aliphatic rings. The number of nitrogen functional groups attached to an aromatic ring is 1. The number of phenols is 1. The van der Waals surface area contributed by atoms with Crippen LogP contribution >= 0.6 is 11.3 Å². The third-order valence-electron chi connectivity index (χ3n) is 16.1. The molecule has 1 aliphatic carbocycles. The molecule has 4 saturated heterocycles. The number of fused-ring (bicyclic) bond motifs is 2. The van der Waals surface area contributed by atoms with Crippen molar-refractivity contribution in [2.24, 2.45) is 11.3 Å². The van der Waals surface area contributed by atoms with Gasteiger partial charge in [0.1, 0.15) is 17.8 Å². The predicted octanol–water partition coefficient (Wildman–Crippen LogP) is 6.66. The van der Waals surface area contributed by atoms with Crippen molar-refractivity contribution in [2.75, 3.05) is 48.3 Å². The average Bonchev–Trinajstić information content (AvgIpc) is 4.08. The van der Waals surface area contributed by atoms with Gasteiger partial charge in [-0.15, -0.1) is 21.5 Å². The summed E-state index contributed by atoms with van der Waals surface area (Å²) in [6, 6.07) is 21.7. The lowest BCUT2D eigenvalue weighted by atomic mass is 9.81. The van der Waals surface area contributed by atoms with E-state index in [0.29, 0.717) is 46.8 Å². The number of nitrogens with two attached hydrogens (primary N) is 1. The Morgan fingerprint density at radius 2 is 1.56 bits per heavy atom. The number of nitrogens with zero attached hydrogens (tertiary/aromatic N) is 8. The average molecular weight is 996 g/mol. The molecule has 0 radical (unpaired) electrons. The van der Waals surface area contributed by atoms with Gasteiger partial charge in [-0.25, -0.2) is 4.98 Å². The van der Waals surface area contributed by atoms with Crippen LogP contribution in [0.4, 0.5) is 17.2 Å². The number of phenolic OH excluding ortho intramolecular Hbond substituents is 1. The first-order valence-corrected chi connectivity index (χ1v) is 26.8. The summed E-state index contributed by atoms with van der Waals surface area (Å²) < 4.78 is 0. The number of pyridine rings is 1. The number of aryl methyl sites for hydroxylation is 1. The van der Waals surface area contributed by atoms with E-state index in [1.54, 1.807) is 35.2 Å². The van der Waals surface area contributed by atoms with Crippen LogP contribution in [0.15, 0.2) is 78.4 Å². The number of aliphatic hydroxyl groups excluding tert-OH is 1. The number of hydrogen-bond donors (Lipinski definition) is 5. The lowest BCUT2D eigenvalue weighted by molar-refractivity contribution is -0.144. The molecule has 2 unspecified atom stereocenters. The molecule has 10 rings (SSSR count). The molecular formula is C55H69N11O5S. The zero-order chi connectivity index (χ0) is 50.3. The number of anilines is 3. The van der Waals surface area contributed by atoms with Crippen LogP contribution in [0.1, 0.15) is 101 Å². The third kappa shape index (κ3) is 10.4. The molecule has 17 heteroatoms. The largest absolute Gasteiger partial charge is 0.507 e. The zero-order valence-corrected chi connectivity index (χ0v) is 42.7. The van der Waals surface area contributed by atoms with Crippen LogP contribution in [0.5, 0.6) is 5.75 Å². The highest BCUT2D eigenvalue weighted by Crippen LogP contribution is 2.41. The highest BCUT2D eigenvalue weighted by molar-refractivity contribution is 7.13. The van der Waals surface area contributed by atoms with E-state index < -0.39 is 23.6 Å². The van der Waals surface area contributed by atoms with Gasteiger partial charge >= 0.3 is 0 Å². The second-order valence-electron chi connectivity index (χ2n) is 21.8. The molecule has 0 spiro atoms. The minimum atomic E-state index is -0.860. The number of hydrogen-bond acceptors (Lipinski definition) is 14. The molecule has 5 fully saturated rings. The van der Waals surface area contributed by atoms with Crippen LogP contribution in [0.3, 0.4) is 0 Å². The number of carbonyl (C=O) groups is 3. The van der Waals surface area contributed by atoms with Crippen LogP contribution in [-0.2, 0) is 20.9 Å². The van der Waals surface area contributed by atoms with E-state index in [4.69, 9.17) is 5.73 Å². The molecule has 7 heterocycles. The van der Waals surface area contributed by atoms with Gasteiger partial charge in [0.15, 0.2) is 5.82 Å². The number of benzene rings is 2. The Hall–Kier alpha value is -6.17. The van der Waals surface area contributed by atoms with E-state index in [1.807, 2.05) is 58.0 Å². The topological polar surface area (TPSA) is 206 Å². The lowest BCUT2D eigenvalue weighted by Crippen LogP contribution is -2.58. The Morgan fingerprint density at radius 1 is 0.847 bits per heavy atom. The SMILES string of the molecule is Cc1ncsc1-c1ccc(CNC(=O)[C@@H]2C[C@@H](O)CN2C(=O)[C@@H](NC(=O)[C@H]2CC[C@H](N3CCC(c4ccc(N5C6CCC5CN(c5cc(-c7ccccc7O)nnc5N)C6)cc4)CC3)CC2)C(C)(C)C)nc1. The Kier molecular flexibility index (Phi) is 14.2. The maximum atomic E-state index is 14.3. The second-order valence-corrected chi connectivity index (χ2v) is 22.7. The van der Waals surface area contributed by atoms with Crippen molar-refractivity contribution in [3.05, 3.63) is 95.4 Å². The monoisotopic (exact) mass is 996 g/mol. The number of rotatable bonds is 12. The van der Waals surface area contributed by atoms with Gasteiger partial charge in [0, 0.05) is 73.1 Å². The maximum Gasteiger partial charge on any atom is 0.246 e. The molecule has 3 amide bonds. The summed E-state index contributed by atoms with van der Waals surface area (Å²) in [7, 11) is 0. The number of nitrogens with one attached hydrogen (secondary N) is 2. The Bertz CT molecular complexity index is 2720. The van der Waals surface area contributed by atoms with E-state index in [2.05, 4.69) is 69.8 Å². The van der Waals surface area contributed by atoms with E-state index in [1.165, 1.54) is 16.2 Å². The Labute approximate surface area is 426 Å². The van der Waals surface area contributed by atoms with Crippen molar-refractivity contribution in [1.82, 2.24) is 40.6 Å². The number of β-amino-alcohol motifs (C(OH)–C–C–N with tert-alkyl or cyclic N) is 1. The molecule has 6 N–H and O–H groups in total. The van der Waals surface area contributed by atoms with Gasteiger partial charge < -0.3 is 46.2 Å². The molecule has 2 aromatic carbocycles. The summed E-state index contributed by atoms with van der Waals surface area (Å²) in [5.74, 6) is 0.0759. The Balaban J connectivity index is 0.686. The van der Waals surface area contributed by atoms with Crippen LogP contribution < -0.4 is 26.2 Å². The lowest BCUT2D eigenvalue weighted by Gasteiger charge is -2.44. The van der Waals surface area contributed by atoms with E-state index in [0.717, 1.165) is 99.4 Å². The fraction of sp³-hybridized carbons (Fsp3) is 0.509. The molecule has 16 nitrogen and oxygen atoms in total. The normalized spacial score (nSPS) is 24.3. The maximum absolute atomic E-state index is 14.3. The zero-order valence-electron chi connectivity index (χ0n) is 41.9. The van der Waals surface area contributed by atoms with Gasteiger partial charge in [0.25, 0.3) is 0 Å². The van der Waals surface area contributed by atoms with Gasteiger partial charge in [0.2, 0.25) is 17.7 Å². The quantitative estimate of drug-likeness (QED) is 0.0888. The van der Waals surface area contributed by atoms with Crippen LogP contribution in [0.25, 0.3) is 21.7 Å². The van der Waals surface area contributed by atoms with Gasteiger partial charge in [-0.2, -0.15) is 0 Å².